The van der Waals surface area contributed by atoms with E-state index in [0.717, 1.165) is 11.3 Å². The first kappa shape index (κ1) is 12.4. The Labute approximate surface area is 96.5 Å². The highest BCUT2D eigenvalue weighted by Crippen LogP contribution is 2.18. The van der Waals surface area contributed by atoms with Crippen molar-refractivity contribution in [3.05, 3.63) is 11.1 Å². The number of hydrogen-bond donors (Lipinski definition) is 3. The van der Waals surface area contributed by atoms with E-state index in [2.05, 4.69) is 10.3 Å². The molecule has 7 heteroatoms. The zero-order chi connectivity index (χ0) is 12.3. The fraction of sp³-hybridized carbons (Fsp3) is 0.444. The quantitative estimate of drug-likeness (QED) is 0.708. The number of carboxylic acids is 1. The summed E-state index contributed by atoms with van der Waals surface area (Å²) >= 11 is 1.15. The number of thiazole rings is 1. The molecule has 0 aliphatic heterocycles. The number of primary amides is 1. The third-order valence-corrected chi connectivity index (χ3v) is 2.74. The Balaban J connectivity index is 2.78. The number of nitrogens with two attached hydrogens (primary N) is 1. The summed E-state index contributed by atoms with van der Waals surface area (Å²) in [6, 6.07) is -0.730. The first-order valence-corrected chi connectivity index (χ1v) is 5.54. The third kappa shape index (κ3) is 2.93. The molecule has 0 aliphatic rings. The fourth-order valence-electron chi connectivity index (χ4n) is 1.10. The molecule has 1 aromatic heterocycles. The average Bonchev–Trinajstić information content (AvgIpc) is 2.61. The molecule has 1 rings (SSSR count). The van der Waals surface area contributed by atoms with Crippen molar-refractivity contribution in [2.45, 2.75) is 19.9 Å². The minimum Gasteiger partial charge on any atom is -0.480 e. The Hall–Kier alpha value is -1.63. The summed E-state index contributed by atoms with van der Waals surface area (Å²) in [6.45, 7) is 3.57. The summed E-state index contributed by atoms with van der Waals surface area (Å²) in [5.41, 5.74) is 5.18. The first-order chi connectivity index (χ1) is 7.41. The lowest BCUT2D eigenvalue weighted by Gasteiger charge is -2.16. The molecule has 6 nitrogen and oxygen atoms in total. The Kier molecular flexibility index (Phi) is 3.83. The van der Waals surface area contributed by atoms with Crippen LogP contribution in [0.2, 0.25) is 0 Å². The highest BCUT2D eigenvalue weighted by molar-refractivity contribution is 7.13. The van der Waals surface area contributed by atoms with Crippen LogP contribution >= 0.6 is 11.3 Å². The van der Waals surface area contributed by atoms with Gasteiger partial charge in [-0.25, -0.2) is 9.78 Å². The standard InChI is InChI=1S/C9H13N3O3S/c1-4(2)6(8(14)15)12-9-11-5(3-16-9)7(10)13/h3-4,6H,1-2H3,(H2,10,13)(H,11,12)(H,14,15)/t6-/m0/s1. The lowest BCUT2D eigenvalue weighted by Crippen LogP contribution is -2.34. The van der Waals surface area contributed by atoms with Crippen LogP contribution in [-0.2, 0) is 4.79 Å². The number of carbonyl (C=O) groups is 2. The Bertz CT molecular complexity index is 402. The van der Waals surface area contributed by atoms with Gasteiger partial charge in [-0.2, -0.15) is 0 Å². The minimum atomic E-state index is -0.953. The molecule has 1 atom stereocenters. The Morgan fingerprint density at radius 2 is 2.19 bits per heavy atom. The first-order valence-electron chi connectivity index (χ1n) is 4.66. The van der Waals surface area contributed by atoms with Crippen molar-refractivity contribution < 1.29 is 14.7 Å². The number of carbonyl (C=O) groups excluding carboxylic acids is 1. The number of aromatic nitrogens is 1. The molecule has 1 aromatic rings. The van der Waals surface area contributed by atoms with E-state index < -0.39 is 17.9 Å². The summed E-state index contributed by atoms with van der Waals surface area (Å²) in [5, 5.41) is 13.6. The van der Waals surface area contributed by atoms with Gasteiger partial charge < -0.3 is 16.2 Å². The van der Waals surface area contributed by atoms with Gasteiger partial charge in [0.15, 0.2) is 5.13 Å². The van der Waals surface area contributed by atoms with Crippen LogP contribution in [0.1, 0.15) is 24.3 Å². The van der Waals surface area contributed by atoms with E-state index >= 15 is 0 Å². The average molecular weight is 243 g/mol. The van der Waals surface area contributed by atoms with Crippen LogP contribution < -0.4 is 11.1 Å². The van der Waals surface area contributed by atoms with Crippen LogP contribution in [-0.4, -0.2) is 28.0 Å². The zero-order valence-corrected chi connectivity index (χ0v) is 9.75. The number of aliphatic carboxylic acids is 1. The summed E-state index contributed by atoms with van der Waals surface area (Å²) < 4.78 is 0. The summed E-state index contributed by atoms with van der Waals surface area (Å²) in [4.78, 5) is 25.6. The number of anilines is 1. The second-order valence-corrected chi connectivity index (χ2v) is 4.46. The van der Waals surface area contributed by atoms with Crippen LogP contribution in [0.15, 0.2) is 5.38 Å². The number of carboxylic acid groups (broad SMARTS) is 1. The molecule has 0 saturated heterocycles. The molecule has 0 aromatic carbocycles. The van der Waals surface area contributed by atoms with Crippen LogP contribution in [0, 0.1) is 5.92 Å². The molecule has 16 heavy (non-hydrogen) atoms. The number of hydrogen-bond acceptors (Lipinski definition) is 5. The topological polar surface area (TPSA) is 105 Å². The lowest BCUT2D eigenvalue weighted by molar-refractivity contribution is -0.138. The van der Waals surface area contributed by atoms with Crippen LogP contribution in [0.3, 0.4) is 0 Å². The van der Waals surface area contributed by atoms with Gasteiger partial charge >= 0.3 is 5.97 Å². The number of amides is 1. The number of rotatable bonds is 5. The fourth-order valence-corrected chi connectivity index (χ4v) is 1.84. The number of nitrogens with zero attached hydrogens (tertiary/aromatic N) is 1. The molecule has 0 bridgehead atoms. The molecule has 1 heterocycles. The molecule has 0 unspecified atom stereocenters. The van der Waals surface area contributed by atoms with Gasteiger partial charge in [-0.15, -0.1) is 11.3 Å². The van der Waals surface area contributed by atoms with Crippen LogP contribution in [0.5, 0.6) is 0 Å². The van der Waals surface area contributed by atoms with Gasteiger partial charge in [0.1, 0.15) is 11.7 Å². The molecule has 1 amide bonds. The maximum atomic E-state index is 10.9. The van der Waals surface area contributed by atoms with Crippen molar-refractivity contribution in [2.24, 2.45) is 11.7 Å². The van der Waals surface area contributed by atoms with Crippen molar-refractivity contribution in [3.63, 3.8) is 0 Å². The summed E-state index contributed by atoms with van der Waals surface area (Å²) in [6.07, 6.45) is 0. The molecule has 0 aliphatic carbocycles. The molecule has 4 N–H and O–H groups in total. The minimum absolute atomic E-state index is 0.0848. The normalized spacial score (nSPS) is 12.4. The van der Waals surface area contributed by atoms with E-state index in [0.29, 0.717) is 5.13 Å². The SMILES string of the molecule is CC(C)[C@H](Nc1nc(C(N)=O)cs1)C(=O)O. The molecule has 0 fully saturated rings. The molecular weight excluding hydrogens is 230 g/mol. The lowest BCUT2D eigenvalue weighted by atomic mass is 10.1. The predicted octanol–water partition coefficient (Wildman–Crippen LogP) is 0.763. The molecular formula is C9H13N3O3S. The van der Waals surface area contributed by atoms with Crippen molar-refractivity contribution in [3.8, 4) is 0 Å². The van der Waals surface area contributed by atoms with Crippen molar-refractivity contribution >= 4 is 28.3 Å². The second kappa shape index (κ2) is 4.93. The van der Waals surface area contributed by atoms with E-state index in [1.807, 2.05) is 0 Å². The van der Waals surface area contributed by atoms with Gasteiger partial charge in [0.25, 0.3) is 5.91 Å². The third-order valence-electron chi connectivity index (χ3n) is 1.97. The van der Waals surface area contributed by atoms with Gasteiger partial charge in [-0.1, -0.05) is 13.8 Å². The summed E-state index contributed by atoms with van der Waals surface area (Å²) in [7, 11) is 0. The van der Waals surface area contributed by atoms with Gasteiger partial charge in [-0.3, -0.25) is 4.79 Å². The Morgan fingerprint density at radius 1 is 1.56 bits per heavy atom. The van der Waals surface area contributed by atoms with Gasteiger partial charge in [0, 0.05) is 5.38 Å². The van der Waals surface area contributed by atoms with E-state index in [-0.39, 0.29) is 11.6 Å². The smallest absolute Gasteiger partial charge is 0.326 e. The maximum Gasteiger partial charge on any atom is 0.326 e. The van der Waals surface area contributed by atoms with E-state index in [1.54, 1.807) is 13.8 Å². The van der Waals surface area contributed by atoms with E-state index in [1.165, 1.54) is 5.38 Å². The van der Waals surface area contributed by atoms with Gasteiger partial charge in [0.2, 0.25) is 0 Å². The van der Waals surface area contributed by atoms with Crippen molar-refractivity contribution in [2.75, 3.05) is 5.32 Å². The summed E-state index contributed by atoms with van der Waals surface area (Å²) in [5.74, 6) is -1.66. The highest BCUT2D eigenvalue weighted by atomic mass is 32.1. The molecule has 0 spiro atoms. The molecule has 0 saturated carbocycles. The second-order valence-electron chi connectivity index (χ2n) is 3.61. The zero-order valence-electron chi connectivity index (χ0n) is 8.93. The van der Waals surface area contributed by atoms with E-state index in [4.69, 9.17) is 10.8 Å². The monoisotopic (exact) mass is 243 g/mol. The van der Waals surface area contributed by atoms with Crippen molar-refractivity contribution in [1.29, 1.82) is 0 Å². The number of nitrogens with one attached hydrogen (secondary N) is 1. The molecule has 0 radical (unpaired) electrons. The van der Waals surface area contributed by atoms with Crippen LogP contribution in [0.4, 0.5) is 5.13 Å². The Morgan fingerprint density at radius 3 is 2.56 bits per heavy atom. The largest absolute Gasteiger partial charge is 0.480 e. The highest BCUT2D eigenvalue weighted by Gasteiger charge is 2.22. The molecule has 88 valence electrons. The predicted molar refractivity (Wildman–Crippen MR) is 60.5 cm³/mol. The van der Waals surface area contributed by atoms with Gasteiger partial charge in [0.05, 0.1) is 0 Å². The van der Waals surface area contributed by atoms with Crippen LogP contribution in [0.25, 0.3) is 0 Å². The van der Waals surface area contributed by atoms with Gasteiger partial charge in [-0.05, 0) is 5.92 Å². The van der Waals surface area contributed by atoms with Crippen molar-refractivity contribution in [1.82, 2.24) is 4.98 Å². The van der Waals surface area contributed by atoms with E-state index in [9.17, 15) is 9.59 Å². The maximum absolute atomic E-state index is 10.9.